The number of phenolic OH excluding ortho intramolecular Hbond substituents is 1. The van der Waals surface area contributed by atoms with E-state index in [4.69, 9.17) is 5.73 Å². The number of hydrogen-bond acceptors (Lipinski definition) is 3. The van der Waals surface area contributed by atoms with Gasteiger partial charge in [0.15, 0.2) is 0 Å². The molecule has 0 aromatic heterocycles. The van der Waals surface area contributed by atoms with Crippen LogP contribution in [-0.2, 0) is 0 Å². The third kappa shape index (κ3) is 3.45. The van der Waals surface area contributed by atoms with Crippen LogP contribution in [0.15, 0.2) is 18.2 Å². The standard InChI is InChI=1S/C15H23FN2O/c1-11(14-5-4-13(19)9-15(14)16)18-8-2-3-12(10-18)6-7-17/h4-5,9,11-12,19H,2-3,6-8,10,17H2,1H3. The zero-order chi connectivity index (χ0) is 13.8. The number of phenols is 1. The summed E-state index contributed by atoms with van der Waals surface area (Å²) in [4.78, 5) is 2.32. The first kappa shape index (κ1) is 14.3. The lowest BCUT2D eigenvalue weighted by atomic mass is 9.92. The van der Waals surface area contributed by atoms with Gasteiger partial charge in [-0.3, -0.25) is 4.90 Å². The molecule has 3 N–H and O–H groups in total. The molecule has 0 amide bonds. The Kier molecular flexibility index (Phi) is 4.77. The summed E-state index contributed by atoms with van der Waals surface area (Å²) >= 11 is 0. The van der Waals surface area contributed by atoms with Crippen molar-refractivity contribution in [2.75, 3.05) is 19.6 Å². The Labute approximate surface area is 114 Å². The van der Waals surface area contributed by atoms with E-state index in [1.807, 2.05) is 6.92 Å². The maximum absolute atomic E-state index is 13.9. The zero-order valence-electron chi connectivity index (χ0n) is 11.5. The molecule has 1 saturated heterocycles. The first-order valence-electron chi connectivity index (χ1n) is 7.04. The fraction of sp³-hybridized carbons (Fsp3) is 0.600. The lowest BCUT2D eigenvalue weighted by molar-refractivity contribution is 0.126. The fourth-order valence-electron chi connectivity index (χ4n) is 2.97. The molecule has 1 aliphatic rings. The van der Waals surface area contributed by atoms with Gasteiger partial charge in [0.2, 0.25) is 0 Å². The SMILES string of the molecule is CC(c1ccc(O)cc1F)N1CCCC(CCN)C1. The van der Waals surface area contributed by atoms with Crippen LogP contribution in [0, 0.1) is 11.7 Å². The zero-order valence-corrected chi connectivity index (χ0v) is 11.5. The Hall–Kier alpha value is -1.13. The molecule has 0 aliphatic carbocycles. The van der Waals surface area contributed by atoms with Crippen LogP contribution >= 0.6 is 0 Å². The normalized spacial score (nSPS) is 22.4. The Morgan fingerprint density at radius 1 is 1.53 bits per heavy atom. The second-order valence-corrected chi connectivity index (χ2v) is 5.46. The first-order valence-corrected chi connectivity index (χ1v) is 7.04. The van der Waals surface area contributed by atoms with Gasteiger partial charge in [0.05, 0.1) is 0 Å². The van der Waals surface area contributed by atoms with E-state index in [0.29, 0.717) is 11.5 Å². The summed E-state index contributed by atoms with van der Waals surface area (Å²) in [5.74, 6) is 0.280. The van der Waals surface area contributed by atoms with Crippen molar-refractivity contribution < 1.29 is 9.50 Å². The molecule has 2 atom stereocenters. The number of piperidine rings is 1. The van der Waals surface area contributed by atoms with Gasteiger partial charge < -0.3 is 10.8 Å². The van der Waals surface area contributed by atoms with Crippen molar-refractivity contribution in [2.45, 2.75) is 32.2 Å². The third-order valence-electron chi connectivity index (χ3n) is 4.11. The number of halogens is 1. The van der Waals surface area contributed by atoms with Crippen molar-refractivity contribution in [1.82, 2.24) is 4.90 Å². The minimum atomic E-state index is -0.326. The number of nitrogens with zero attached hydrogens (tertiary/aromatic N) is 1. The summed E-state index contributed by atoms with van der Waals surface area (Å²) in [6.07, 6.45) is 3.41. The van der Waals surface area contributed by atoms with Crippen molar-refractivity contribution in [3.8, 4) is 5.75 Å². The van der Waals surface area contributed by atoms with Crippen molar-refractivity contribution in [3.63, 3.8) is 0 Å². The molecule has 1 heterocycles. The van der Waals surface area contributed by atoms with E-state index in [1.165, 1.54) is 12.5 Å². The van der Waals surface area contributed by atoms with Crippen LogP contribution in [0.2, 0.25) is 0 Å². The smallest absolute Gasteiger partial charge is 0.131 e. The van der Waals surface area contributed by atoms with Crippen LogP contribution in [0.4, 0.5) is 4.39 Å². The van der Waals surface area contributed by atoms with Crippen molar-refractivity contribution >= 4 is 0 Å². The summed E-state index contributed by atoms with van der Waals surface area (Å²) in [5.41, 5.74) is 6.29. The molecular weight excluding hydrogens is 243 g/mol. The highest BCUT2D eigenvalue weighted by Gasteiger charge is 2.25. The van der Waals surface area contributed by atoms with E-state index in [9.17, 15) is 9.50 Å². The van der Waals surface area contributed by atoms with Gasteiger partial charge in [-0.05, 0) is 51.3 Å². The van der Waals surface area contributed by atoms with Crippen LogP contribution in [0.5, 0.6) is 5.75 Å². The lowest BCUT2D eigenvalue weighted by Crippen LogP contribution is -2.38. The van der Waals surface area contributed by atoms with Gasteiger partial charge in [0.25, 0.3) is 0 Å². The minimum absolute atomic E-state index is 0.0203. The summed E-state index contributed by atoms with van der Waals surface area (Å²) < 4.78 is 13.9. The van der Waals surface area contributed by atoms with Crippen molar-refractivity contribution in [3.05, 3.63) is 29.6 Å². The van der Waals surface area contributed by atoms with Crippen LogP contribution in [0.3, 0.4) is 0 Å². The Morgan fingerprint density at radius 2 is 2.32 bits per heavy atom. The maximum Gasteiger partial charge on any atom is 0.131 e. The second-order valence-electron chi connectivity index (χ2n) is 5.46. The van der Waals surface area contributed by atoms with Gasteiger partial charge in [-0.25, -0.2) is 4.39 Å². The number of likely N-dealkylation sites (tertiary alicyclic amines) is 1. The van der Waals surface area contributed by atoms with Crippen LogP contribution in [-0.4, -0.2) is 29.6 Å². The van der Waals surface area contributed by atoms with E-state index >= 15 is 0 Å². The molecule has 0 radical (unpaired) electrons. The highest BCUT2D eigenvalue weighted by atomic mass is 19.1. The van der Waals surface area contributed by atoms with Crippen molar-refractivity contribution in [1.29, 1.82) is 0 Å². The molecule has 1 aliphatic heterocycles. The summed E-state index contributed by atoms with van der Waals surface area (Å²) in [6, 6.07) is 4.46. The largest absolute Gasteiger partial charge is 0.508 e. The Bertz CT molecular complexity index is 423. The molecule has 19 heavy (non-hydrogen) atoms. The van der Waals surface area contributed by atoms with E-state index in [0.717, 1.165) is 32.5 Å². The molecule has 1 fully saturated rings. The predicted molar refractivity (Wildman–Crippen MR) is 74.4 cm³/mol. The number of benzene rings is 1. The average Bonchev–Trinajstić information content (AvgIpc) is 2.39. The Balaban J connectivity index is 2.07. The highest BCUT2D eigenvalue weighted by Crippen LogP contribution is 2.30. The van der Waals surface area contributed by atoms with E-state index < -0.39 is 0 Å². The number of nitrogens with two attached hydrogens (primary N) is 1. The quantitative estimate of drug-likeness (QED) is 0.881. The monoisotopic (exact) mass is 266 g/mol. The van der Waals surface area contributed by atoms with Gasteiger partial charge in [-0.2, -0.15) is 0 Å². The van der Waals surface area contributed by atoms with Crippen LogP contribution < -0.4 is 5.73 Å². The average molecular weight is 266 g/mol. The van der Waals surface area contributed by atoms with Crippen molar-refractivity contribution in [2.24, 2.45) is 11.7 Å². The topological polar surface area (TPSA) is 49.5 Å². The number of rotatable bonds is 4. The summed E-state index contributed by atoms with van der Waals surface area (Å²) in [7, 11) is 0. The van der Waals surface area contributed by atoms with Gasteiger partial charge in [-0.15, -0.1) is 0 Å². The minimum Gasteiger partial charge on any atom is -0.508 e. The van der Waals surface area contributed by atoms with Gasteiger partial charge >= 0.3 is 0 Å². The van der Waals surface area contributed by atoms with E-state index in [1.54, 1.807) is 12.1 Å². The molecule has 3 nitrogen and oxygen atoms in total. The van der Waals surface area contributed by atoms with Gasteiger partial charge in [-0.1, -0.05) is 6.07 Å². The molecule has 106 valence electrons. The molecule has 0 spiro atoms. The van der Waals surface area contributed by atoms with Gasteiger partial charge in [0, 0.05) is 24.2 Å². The van der Waals surface area contributed by atoms with Crippen LogP contribution in [0.1, 0.15) is 37.8 Å². The summed E-state index contributed by atoms with van der Waals surface area (Å²) in [6.45, 7) is 4.74. The highest BCUT2D eigenvalue weighted by molar-refractivity contribution is 5.29. The molecule has 1 aromatic rings. The Morgan fingerprint density at radius 3 is 3.00 bits per heavy atom. The first-order chi connectivity index (χ1) is 9.11. The number of hydrogen-bond donors (Lipinski definition) is 2. The number of aromatic hydroxyl groups is 1. The van der Waals surface area contributed by atoms with Gasteiger partial charge in [0.1, 0.15) is 11.6 Å². The molecule has 0 saturated carbocycles. The molecule has 4 heteroatoms. The van der Waals surface area contributed by atoms with E-state index in [2.05, 4.69) is 4.90 Å². The molecule has 2 rings (SSSR count). The second kappa shape index (κ2) is 6.35. The summed E-state index contributed by atoms with van der Waals surface area (Å²) in [5, 5.41) is 9.27. The van der Waals surface area contributed by atoms with E-state index in [-0.39, 0.29) is 17.6 Å². The lowest BCUT2D eigenvalue weighted by Gasteiger charge is -2.37. The molecule has 2 unspecified atom stereocenters. The van der Waals surface area contributed by atoms with Crippen LogP contribution in [0.25, 0.3) is 0 Å². The fourth-order valence-corrected chi connectivity index (χ4v) is 2.97. The predicted octanol–water partition coefficient (Wildman–Crippen LogP) is 2.65. The molecule has 0 bridgehead atoms. The molecule has 1 aromatic carbocycles. The third-order valence-corrected chi connectivity index (χ3v) is 4.11. The maximum atomic E-state index is 13.9. The molecular formula is C15H23FN2O.